The predicted octanol–water partition coefficient (Wildman–Crippen LogP) is 3.63. The van der Waals surface area contributed by atoms with Crippen molar-refractivity contribution in [1.82, 2.24) is 5.32 Å². The van der Waals surface area contributed by atoms with Gasteiger partial charge in [-0.2, -0.15) is 0 Å². The van der Waals surface area contributed by atoms with Crippen molar-refractivity contribution in [3.8, 4) is 0 Å². The maximum absolute atomic E-state index is 13.0. The topological polar surface area (TPSA) is 12.0 Å². The summed E-state index contributed by atoms with van der Waals surface area (Å²) in [6, 6.07) is 4.54. The van der Waals surface area contributed by atoms with Crippen LogP contribution in [-0.4, -0.2) is 6.04 Å². The lowest BCUT2D eigenvalue weighted by molar-refractivity contribution is 0.380. The molecule has 1 aromatic rings. The zero-order valence-electron chi connectivity index (χ0n) is 10.2. The van der Waals surface area contributed by atoms with Gasteiger partial charge in [0.25, 0.3) is 0 Å². The standard InChI is InChI=1S/C14H19F2N/c1-10(12-4-2-3-5-12)17-9-11-6-7-13(15)14(16)8-11/h6-8,10,12,17H,2-5,9H2,1H3/t10-/m1/s1. The number of benzene rings is 1. The largest absolute Gasteiger partial charge is 0.310 e. The van der Waals surface area contributed by atoms with Gasteiger partial charge >= 0.3 is 0 Å². The van der Waals surface area contributed by atoms with Crippen molar-refractivity contribution in [3.05, 3.63) is 35.4 Å². The highest BCUT2D eigenvalue weighted by Crippen LogP contribution is 2.27. The summed E-state index contributed by atoms with van der Waals surface area (Å²) >= 11 is 0. The second-order valence-corrected chi connectivity index (χ2v) is 4.96. The molecule has 1 aliphatic carbocycles. The maximum atomic E-state index is 13.0. The third-order valence-electron chi connectivity index (χ3n) is 3.72. The van der Waals surface area contributed by atoms with E-state index >= 15 is 0 Å². The summed E-state index contributed by atoms with van der Waals surface area (Å²) in [5.74, 6) is -0.810. The minimum atomic E-state index is -0.780. The average Bonchev–Trinajstić information content (AvgIpc) is 2.84. The molecule has 1 aromatic carbocycles. The van der Waals surface area contributed by atoms with Crippen molar-refractivity contribution in [1.29, 1.82) is 0 Å². The number of rotatable bonds is 4. The zero-order chi connectivity index (χ0) is 12.3. The summed E-state index contributed by atoms with van der Waals surface area (Å²) in [7, 11) is 0. The molecule has 0 radical (unpaired) electrons. The number of nitrogens with one attached hydrogen (secondary N) is 1. The highest BCUT2D eigenvalue weighted by molar-refractivity contribution is 5.17. The molecule has 0 spiro atoms. The number of hydrogen-bond donors (Lipinski definition) is 1. The first-order valence-corrected chi connectivity index (χ1v) is 6.34. The zero-order valence-corrected chi connectivity index (χ0v) is 10.2. The van der Waals surface area contributed by atoms with Crippen LogP contribution in [0.15, 0.2) is 18.2 Å². The summed E-state index contributed by atoms with van der Waals surface area (Å²) in [4.78, 5) is 0. The minimum Gasteiger partial charge on any atom is -0.310 e. The van der Waals surface area contributed by atoms with Crippen LogP contribution in [0, 0.1) is 17.6 Å². The third-order valence-corrected chi connectivity index (χ3v) is 3.72. The van der Waals surface area contributed by atoms with Crippen LogP contribution in [0.1, 0.15) is 38.2 Å². The first-order valence-electron chi connectivity index (χ1n) is 6.34. The first-order chi connectivity index (χ1) is 8.16. The van der Waals surface area contributed by atoms with Gasteiger partial charge in [-0.25, -0.2) is 8.78 Å². The molecule has 0 saturated heterocycles. The molecule has 0 aromatic heterocycles. The van der Waals surface area contributed by atoms with Crippen LogP contribution < -0.4 is 5.32 Å². The molecule has 1 N–H and O–H groups in total. The van der Waals surface area contributed by atoms with Crippen molar-refractivity contribution in [2.24, 2.45) is 5.92 Å². The summed E-state index contributed by atoms with van der Waals surface area (Å²) in [5, 5.41) is 3.40. The quantitative estimate of drug-likeness (QED) is 0.846. The second kappa shape index (κ2) is 5.58. The van der Waals surface area contributed by atoms with Gasteiger partial charge in [0, 0.05) is 12.6 Å². The van der Waals surface area contributed by atoms with Crippen LogP contribution in [0.3, 0.4) is 0 Å². The first kappa shape index (κ1) is 12.5. The van der Waals surface area contributed by atoms with E-state index in [1.807, 2.05) is 0 Å². The van der Waals surface area contributed by atoms with Gasteiger partial charge in [-0.1, -0.05) is 18.9 Å². The Labute approximate surface area is 101 Å². The third kappa shape index (κ3) is 3.25. The Bertz CT molecular complexity index is 372. The fraction of sp³-hybridized carbons (Fsp3) is 0.571. The molecule has 1 saturated carbocycles. The van der Waals surface area contributed by atoms with Gasteiger partial charge in [-0.15, -0.1) is 0 Å². The summed E-state index contributed by atoms with van der Waals surface area (Å²) in [6.07, 6.45) is 5.21. The van der Waals surface area contributed by atoms with E-state index in [0.717, 1.165) is 11.5 Å². The summed E-state index contributed by atoms with van der Waals surface area (Å²) in [6.45, 7) is 2.78. The lowest BCUT2D eigenvalue weighted by Crippen LogP contribution is -2.31. The van der Waals surface area contributed by atoms with Crippen LogP contribution >= 0.6 is 0 Å². The molecule has 0 bridgehead atoms. The van der Waals surface area contributed by atoms with Crippen molar-refractivity contribution in [2.45, 2.75) is 45.2 Å². The Hall–Kier alpha value is -0.960. The molecule has 94 valence electrons. The Morgan fingerprint density at radius 2 is 1.94 bits per heavy atom. The Kier molecular flexibility index (Phi) is 4.11. The van der Waals surface area contributed by atoms with Gasteiger partial charge in [0.2, 0.25) is 0 Å². The van der Waals surface area contributed by atoms with Crippen molar-refractivity contribution < 1.29 is 8.78 Å². The molecule has 3 heteroatoms. The number of halogens is 2. The van der Waals surface area contributed by atoms with Crippen molar-refractivity contribution in [2.75, 3.05) is 0 Å². The van der Waals surface area contributed by atoms with Gasteiger partial charge < -0.3 is 5.32 Å². The van der Waals surface area contributed by atoms with Gasteiger partial charge in [-0.05, 0) is 43.4 Å². The molecule has 0 aliphatic heterocycles. The molecule has 0 heterocycles. The van der Waals surface area contributed by atoms with E-state index in [4.69, 9.17) is 0 Å². The average molecular weight is 239 g/mol. The Morgan fingerprint density at radius 3 is 2.59 bits per heavy atom. The summed E-state index contributed by atoms with van der Waals surface area (Å²) in [5.41, 5.74) is 0.800. The molecule has 1 nitrogen and oxygen atoms in total. The number of hydrogen-bond acceptors (Lipinski definition) is 1. The van der Waals surface area contributed by atoms with E-state index in [9.17, 15) is 8.78 Å². The second-order valence-electron chi connectivity index (χ2n) is 4.96. The smallest absolute Gasteiger partial charge is 0.159 e. The Balaban J connectivity index is 1.86. The normalized spacial score (nSPS) is 18.5. The van der Waals surface area contributed by atoms with E-state index in [1.165, 1.54) is 37.8 Å². The van der Waals surface area contributed by atoms with E-state index in [-0.39, 0.29) is 0 Å². The molecule has 1 fully saturated rings. The Morgan fingerprint density at radius 1 is 1.24 bits per heavy atom. The highest BCUT2D eigenvalue weighted by Gasteiger charge is 2.20. The molecule has 17 heavy (non-hydrogen) atoms. The molecule has 1 aliphatic rings. The molecule has 0 unspecified atom stereocenters. The van der Waals surface area contributed by atoms with Gasteiger partial charge in [-0.3, -0.25) is 0 Å². The van der Waals surface area contributed by atoms with E-state index in [2.05, 4.69) is 12.2 Å². The van der Waals surface area contributed by atoms with Crippen LogP contribution in [0.2, 0.25) is 0 Å². The minimum absolute atomic E-state index is 0.450. The molecular formula is C14H19F2N. The summed E-state index contributed by atoms with van der Waals surface area (Å²) < 4.78 is 25.7. The van der Waals surface area contributed by atoms with Gasteiger partial charge in [0.15, 0.2) is 11.6 Å². The van der Waals surface area contributed by atoms with E-state index in [0.29, 0.717) is 12.6 Å². The van der Waals surface area contributed by atoms with Crippen LogP contribution in [-0.2, 0) is 6.54 Å². The van der Waals surface area contributed by atoms with E-state index in [1.54, 1.807) is 6.07 Å². The van der Waals surface area contributed by atoms with E-state index < -0.39 is 11.6 Å². The SMILES string of the molecule is C[C@@H](NCc1ccc(F)c(F)c1)C1CCCC1. The monoisotopic (exact) mass is 239 g/mol. The lowest BCUT2D eigenvalue weighted by atomic mass is 9.99. The maximum Gasteiger partial charge on any atom is 0.159 e. The molecule has 0 amide bonds. The van der Waals surface area contributed by atoms with Crippen LogP contribution in [0.5, 0.6) is 0 Å². The van der Waals surface area contributed by atoms with Crippen molar-refractivity contribution in [3.63, 3.8) is 0 Å². The lowest BCUT2D eigenvalue weighted by Gasteiger charge is -2.20. The fourth-order valence-electron chi connectivity index (χ4n) is 2.55. The fourth-order valence-corrected chi connectivity index (χ4v) is 2.55. The highest BCUT2D eigenvalue weighted by atomic mass is 19.2. The predicted molar refractivity (Wildman–Crippen MR) is 64.6 cm³/mol. The van der Waals surface area contributed by atoms with Crippen molar-refractivity contribution >= 4 is 0 Å². The van der Waals surface area contributed by atoms with Crippen LogP contribution in [0.25, 0.3) is 0 Å². The van der Waals surface area contributed by atoms with Crippen LogP contribution in [0.4, 0.5) is 8.78 Å². The van der Waals surface area contributed by atoms with Gasteiger partial charge in [0.05, 0.1) is 0 Å². The van der Waals surface area contributed by atoms with Gasteiger partial charge in [0.1, 0.15) is 0 Å². The molecule has 2 rings (SSSR count). The molecular weight excluding hydrogens is 220 g/mol. The molecule has 1 atom stereocenters.